The van der Waals surface area contributed by atoms with Crippen LogP contribution < -0.4 is 0 Å². The molecule has 0 heterocycles. The average molecular weight is 243 g/mol. The van der Waals surface area contributed by atoms with Crippen molar-refractivity contribution in [3.05, 3.63) is 0 Å². The van der Waals surface area contributed by atoms with Gasteiger partial charge in [-0.3, -0.25) is 4.90 Å². The molecule has 3 nitrogen and oxygen atoms in total. The number of halogens is 3. The standard InChI is InChI=1S/C10H20F3NO2/c1-4-14(7-10(11,12)13)5-9(15)6-16-8(2)3/h8-9,15H,4-7H2,1-3H3. The molecule has 0 aromatic heterocycles. The highest BCUT2D eigenvalue weighted by atomic mass is 19.4. The Bertz CT molecular complexity index is 185. The second-order valence-corrected chi connectivity index (χ2v) is 3.98. The van der Waals surface area contributed by atoms with Crippen molar-refractivity contribution in [3.8, 4) is 0 Å². The van der Waals surface area contributed by atoms with Crippen molar-refractivity contribution in [2.75, 3.05) is 26.2 Å². The molecule has 98 valence electrons. The van der Waals surface area contributed by atoms with Crippen LogP contribution in [0.2, 0.25) is 0 Å². The molecule has 16 heavy (non-hydrogen) atoms. The van der Waals surface area contributed by atoms with E-state index in [-0.39, 0.29) is 25.8 Å². The summed E-state index contributed by atoms with van der Waals surface area (Å²) in [6.45, 7) is 4.52. The Morgan fingerprint density at radius 3 is 2.25 bits per heavy atom. The van der Waals surface area contributed by atoms with E-state index in [0.29, 0.717) is 0 Å². The van der Waals surface area contributed by atoms with Gasteiger partial charge in [-0.2, -0.15) is 13.2 Å². The van der Waals surface area contributed by atoms with E-state index in [2.05, 4.69) is 0 Å². The quantitative estimate of drug-likeness (QED) is 0.738. The zero-order valence-electron chi connectivity index (χ0n) is 9.92. The lowest BCUT2D eigenvalue weighted by Gasteiger charge is -2.24. The van der Waals surface area contributed by atoms with Crippen molar-refractivity contribution in [2.24, 2.45) is 0 Å². The number of hydrogen-bond donors (Lipinski definition) is 1. The van der Waals surface area contributed by atoms with Gasteiger partial charge in [0, 0.05) is 6.54 Å². The molecule has 6 heteroatoms. The van der Waals surface area contributed by atoms with Crippen LogP contribution in [0.4, 0.5) is 13.2 Å². The lowest BCUT2D eigenvalue weighted by atomic mass is 10.3. The fourth-order valence-corrected chi connectivity index (χ4v) is 1.21. The van der Waals surface area contributed by atoms with Crippen molar-refractivity contribution < 1.29 is 23.0 Å². The Balaban J connectivity index is 3.92. The van der Waals surface area contributed by atoms with Crippen molar-refractivity contribution in [3.63, 3.8) is 0 Å². The van der Waals surface area contributed by atoms with Crippen LogP contribution in [0.5, 0.6) is 0 Å². The van der Waals surface area contributed by atoms with Gasteiger partial charge in [0.1, 0.15) is 0 Å². The van der Waals surface area contributed by atoms with Gasteiger partial charge >= 0.3 is 6.18 Å². The Kier molecular flexibility index (Phi) is 6.94. The molecular weight excluding hydrogens is 223 g/mol. The Labute approximate surface area is 94.2 Å². The molecule has 0 aromatic rings. The number of ether oxygens (including phenoxy) is 1. The number of rotatable bonds is 7. The Hall–Kier alpha value is -0.330. The van der Waals surface area contributed by atoms with Crippen molar-refractivity contribution in [1.29, 1.82) is 0 Å². The van der Waals surface area contributed by atoms with Gasteiger partial charge in [0.15, 0.2) is 0 Å². The molecule has 0 saturated carbocycles. The monoisotopic (exact) mass is 243 g/mol. The molecule has 0 aliphatic carbocycles. The molecule has 0 amide bonds. The van der Waals surface area contributed by atoms with Crippen LogP contribution in [0.3, 0.4) is 0 Å². The van der Waals surface area contributed by atoms with Crippen LogP contribution >= 0.6 is 0 Å². The van der Waals surface area contributed by atoms with Gasteiger partial charge in [0.05, 0.1) is 25.4 Å². The first-order chi connectivity index (χ1) is 7.24. The first-order valence-corrected chi connectivity index (χ1v) is 5.33. The number of aliphatic hydroxyl groups excluding tert-OH is 1. The first-order valence-electron chi connectivity index (χ1n) is 5.33. The number of nitrogens with zero attached hydrogens (tertiary/aromatic N) is 1. The first kappa shape index (κ1) is 15.7. The van der Waals surface area contributed by atoms with E-state index in [0.717, 1.165) is 4.90 Å². The smallest absolute Gasteiger partial charge is 0.389 e. The van der Waals surface area contributed by atoms with Gasteiger partial charge in [0.25, 0.3) is 0 Å². The van der Waals surface area contributed by atoms with Crippen molar-refractivity contribution >= 4 is 0 Å². The van der Waals surface area contributed by atoms with E-state index in [1.807, 2.05) is 0 Å². The predicted octanol–water partition coefficient (Wildman–Crippen LogP) is 1.66. The van der Waals surface area contributed by atoms with Gasteiger partial charge in [-0.15, -0.1) is 0 Å². The number of hydrogen-bond acceptors (Lipinski definition) is 3. The average Bonchev–Trinajstić information content (AvgIpc) is 2.11. The summed E-state index contributed by atoms with van der Waals surface area (Å²) in [6.07, 6.45) is -5.15. The molecule has 0 rings (SSSR count). The highest BCUT2D eigenvalue weighted by Gasteiger charge is 2.30. The maximum Gasteiger partial charge on any atom is 0.401 e. The predicted molar refractivity (Wildman–Crippen MR) is 55.3 cm³/mol. The van der Waals surface area contributed by atoms with Crippen LogP contribution in [0.1, 0.15) is 20.8 Å². The molecule has 0 radical (unpaired) electrons. The largest absolute Gasteiger partial charge is 0.401 e. The highest BCUT2D eigenvalue weighted by molar-refractivity contribution is 4.66. The SMILES string of the molecule is CCN(CC(O)COC(C)C)CC(F)(F)F. The van der Waals surface area contributed by atoms with Gasteiger partial charge < -0.3 is 9.84 Å². The van der Waals surface area contributed by atoms with Gasteiger partial charge in [0.2, 0.25) is 0 Å². The normalized spacial score (nSPS) is 14.8. The fraction of sp³-hybridized carbons (Fsp3) is 1.00. The third kappa shape index (κ3) is 8.94. The fourth-order valence-electron chi connectivity index (χ4n) is 1.21. The summed E-state index contributed by atoms with van der Waals surface area (Å²) in [5.41, 5.74) is 0. The van der Waals surface area contributed by atoms with E-state index in [1.54, 1.807) is 20.8 Å². The molecule has 0 bridgehead atoms. The second kappa shape index (κ2) is 7.09. The summed E-state index contributed by atoms with van der Waals surface area (Å²) in [4.78, 5) is 1.15. The topological polar surface area (TPSA) is 32.7 Å². The minimum Gasteiger partial charge on any atom is -0.389 e. The van der Waals surface area contributed by atoms with Gasteiger partial charge in [-0.1, -0.05) is 6.92 Å². The van der Waals surface area contributed by atoms with Gasteiger partial charge in [-0.05, 0) is 20.4 Å². The Morgan fingerprint density at radius 2 is 1.88 bits per heavy atom. The van der Waals surface area contributed by atoms with Crippen LogP contribution in [-0.2, 0) is 4.74 Å². The van der Waals surface area contributed by atoms with E-state index in [4.69, 9.17) is 4.74 Å². The molecule has 0 fully saturated rings. The summed E-state index contributed by atoms with van der Waals surface area (Å²) < 4.78 is 41.4. The lowest BCUT2D eigenvalue weighted by molar-refractivity contribution is -0.149. The van der Waals surface area contributed by atoms with E-state index in [1.165, 1.54) is 0 Å². The number of likely N-dealkylation sites (N-methyl/N-ethyl adjacent to an activating group) is 1. The molecule has 1 atom stereocenters. The van der Waals surface area contributed by atoms with Crippen molar-refractivity contribution in [1.82, 2.24) is 4.90 Å². The maximum absolute atomic E-state index is 12.1. The van der Waals surface area contributed by atoms with Crippen LogP contribution in [0, 0.1) is 0 Å². The minimum atomic E-state index is -4.23. The summed E-state index contributed by atoms with van der Waals surface area (Å²) in [5, 5.41) is 9.46. The Morgan fingerprint density at radius 1 is 1.31 bits per heavy atom. The van der Waals surface area contributed by atoms with E-state index in [9.17, 15) is 18.3 Å². The molecular formula is C10H20F3NO2. The maximum atomic E-state index is 12.1. The lowest BCUT2D eigenvalue weighted by Crippen LogP contribution is -2.40. The summed E-state index contributed by atoms with van der Waals surface area (Å²) >= 11 is 0. The molecule has 0 spiro atoms. The molecule has 0 aliphatic rings. The molecule has 1 N–H and O–H groups in total. The van der Waals surface area contributed by atoms with E-state index < -0.39 is 18.8 Å². The zero-order chi connectivity index (χ0) is 12.8. The number of alkyl halides is 3. The van der Waals surface area contributed by atoms with Crippen molar-refractivity contribution in [2.45, 2.75) is 39.2 Å². The van der Waals surface area contributed by atoms with Crippen LogP contribution in [-0.4, -0.2) is 54.6 Å². The minimum absolute atomic E-state index is 0.0251. The molecule has 1 unspecified atom stereocenters. The van der Waals surface area contributed by atoms with Crippen LogP contribution in [0.15, 0.2) is 0 Å². The molecule has 0 aliphatic heterocycles. The summed E-state index contributed by atoms with van der Waals surface area (Å²) in [5.74, 6) is 0. The summed E-state index contributed by atoms with van der Waals surface area (Å²) in [6, 6.07) is 0. The van der Waals surface area contributed by atoms with Gasteiger partial charge in [-0.25, -0.2) is 0 Å². The molecule has 0 aromatic carbocycles. The number of aliphatic hydroxyl groups is 1. The third-order valence-electron chi connectivity index (χ3n) is 1.94. The second-order valence-electron chi connectivity index (χ2n) is 3.98. The zero-order valence-corrected chi connectivity index (χ0v) is 9.92. The highest BCUT2D eigenvalue weighted by Crippen LogP contribution is 2.16. The van der Waals surface area contributed by atoms with E-state index >= 15 is 0 Å². The third-order valence-corrected chi connectivity index (χ3v) is 1.94. The van der Waals surface area contributed by atoms with Crippen LogP contribution in [0.25, 0.3) is 0 Å². The molecule has 0 saturated heterocycles. The summed E-state index contributed by atoms with van der Waals surface area (Å²) in [7, 11) is 0.